The fourth-order valence-electron chi connectivity index (χ4n) is 1.63. The third kappa shape index (κ3) is 2.47. The standard InChI is InChI=1S/C12H15ClN4/c1-8(2)10-4-6-11(7-5-10)17-12(9(3)13)14-15-16-17/h4-9H,1-3H3. The smallest absolute Gasteiger partial charge is 0.174 e. The number of benzene rings is 1. The Bertz CT molecular complexity index is 487. The van der Waals surface area contributed by atoms with E-state index in [1.165, 1.54) is 5.56 Å². The third-order valence-electron chi connectivity index (χ3n) is 2.65. The van der Waals surface area contributed by atoms with Crippen LogP contribution in [-0.2, 0) is 0 Å². The van der Waals surface area contributed by atoms with Crippen LogP contribution in [0.4, 0.5) is 0 Å². The Hall–Kier alpha value is -1.42. The molecule has 90 valence electrons. The van der Waals surface area contributed by atoms with Crippen molar-refractivity contribution in [3.8, 4) is 5.69 Å². The van der Waals surface area contributed by atoms with Gasteiger partial charge in [0.25, 0.3) is 0 Å². The van der Waals surface area contributed by atoms with Crippen LogP contribution in [0.3, 0.4) is 0 Å². The lowest BCUT2D eigenvalue weighted by molar-refractivity contribution is 0.759. The summed E-state index contributed by atoms with van der Waals surface area (Å²) >= 11 is 6.02. The molecule has 0 bridgehead atoms. The molecule has 17 heavy (non-hydrogen) atoms. The first-order chi connectivity index (χ1) is 8.09. The molecule has 2 rings (SSSR count). The van der Waals surface area contributed by atoms with Crippen LogP contribution in [-0.4, -0.2) is 20.2 Å². The second-order valence-corrected chi connectivity index (χ2v) is 4.97. The molecule has 5 heteroatoms. The van der Waals surface area contributed by atoms with Gasteiger partial charge in [-0.25, -0.2) is 0 Å². The van der Waals surface area contributed by atoms with Crippen LogP contribution in [0.2, 0.25) is 0 Å². The van der Waals surface area contributed by atoms with Gasteiger partial charge < -0.3 is 0 Å². The number of alkyl halides is 1. The Morgan fingerprint density at radius 2 is 1.76 bits per heavy atom. The molecule has 1 unspecified atom stereocenters. The molecule has 4 nitrogen and oxygen atoms in total. The summed E-state index contributed by atoms with van der Waals surface area (Å²) in [6.07, 6.45) is 0. The summed E-state index contributed by atoms with van der Waals surface area (Å²) in [5.41, 5.74) is 2.23. The molecule has 0 N–H and O–H groups in total. The monoisotopic (exact) mass is 250 g/mol. The van der Waals surface area contributed by atoms with Gasteiger partial charge in [0, 0.05) is 0 Å². The Balaban J connectivity index is 2.37. The molecule has 0 radical (unpaired) electrons. The van der Waals surface area contributed by atoms with E-state index in [9.17, 15) is 0 Å². The van der Waals surface area contributed by atoms with E-state index in [2.05, 4.69) is 41.5 Å². The molecule has 0 aliphatic rings. The van der Waals surface area contributed by atoms with Crippen molar-refractivity contribution in [1.29, 1.82) is 0 Å². The summed E-state index contributed by atoms with van der Waals surface area (Å²) in [6, 6.07) is 8.19. The van der Waals surface area contributed by atoms with Crippen LogP contribution in [0.15, 0.2) is 24.3 Å². The average molecular weight is 251 g/mol. The van der Waals surface area contributed by atoms with Gasteiger partial charge in [0.15, 0.2) is 5.82 Å². The molecular formula is C12H15ClN4. The van der Waals surface area contributed by atoms with E-state index in [4.69, 9.17) is 11.6 Å². The maximum absolute atomic E-state index is 6.02. The zero-order chi connectivity index (χ0) is 12.4. The molecule has 0 spiro atoms. The van der Waals surface area contributed by atoms with Gasteiger partial charge in [-0.15, -0.1) is 16.7 Å². The van der Waals surface area contributed by atoms with Gasteiger partial charge in [-0.05, 0) is 41.0 Å². The second-order valence-electron chi connectivity index (χ2n) is 4.31. The lowest BCUT2D eigenvalue weighted by Gasteiger charge is -2.08. The predicted octanol–water partition coefficient (Wildman–Crippen LogP) is 3.09. The highest BCUT2D eigenvalue weighted by Crippen LogP contribution is 2.21. The summed E-state index contributed by atoms with van der Waals surface area (Å²) in [4.78, 5) is 0. The van der Waals surface area contributed by atoms with Crippen molar-refractivity contribution in [3.63, 3.8) is 0 Å². The molecule has 0 aliphatic heterocycles. The molecule has 0 saturated heterocycles. The van der Waals surface area contributed by atoms with Crippen LogP contribution in [0.5, 0.6) is 0 Å². The maximum Gasteiger partial charge on any atom is 0.174 e. The fourth-order valence-corrected chi connectivity index (χ4v) is 1.76. The Kier molecular flexibility index (Phi) is 3.43. The van der Waals surface area contributed by atoms with Gasteiger partial charge in [0.05, 0.1) is 11.1 Å². The topological polar surface area (TPSA) is 43.6 Å². The molecule has 0 fully saturated rings. The van der Waals surface area contributed by atoms with Gasteiger partial charge >= 0.3 is 0 Å². The molecule has 2 aromatic rings. The average Bonchev–Trinajstić information content (AvgIpc) is 2.78. The molecular weight excluding hydrogens is 236 g/mol. The molecule has 1 heterocycles. The van der Waals surface area contributed by atoms with Gasteiger partial charge in [-0.3, -0.25) is 0 Å². The first-order valence-electron chi connectivity index (χ1n) is 5.62. The number of hydrogen-bond acceptors (Lipinski definition) is 3. The van der Waals surface area contributed by atoms with Crippen molar-refractivity contribution in [3.05, 3.63) is 35.7 Å². The highest BCUT2D eigenvalue weighted by Gasteiger charge is 2.13. The van der Waals surface area contributed by atoms with E-state index in [1.807, 2.05) is 19.1 Å². The Morgan fingerprint density at radius 3 is 2.29 bits per heavy atom. The van der Waals surface area contributed by atoms with Crippen LogP contribution >= 0.6 is 11.6 Å². The number of aromatic nitrogens is 4. The first-order valence-corrected chi connectivity index (χ1v) is 6.06. The number of hydrogen-bond donors (Lipinski definition) is 0. The maximum atomic E-state index is 6.02. The lowest BCUT2D eigenvalue weighted by atomic mass is 10.0. The van der Waals surface area contributed by atoms with E-state index in [-0.39, 0.29) is 5.38 Å². The minimum absolute atomic E-state index is 0.213. The third-order valence-corrected chi connectivity index (χ3v) is 2.85. The van der Waals surface area contributed by atoms with Crippen molar-refractivity contribution in [1.82, 2.24) is 20.2 Å². The molecule has 0 amide bonds. The molecule has 0 aliphatic carbocycles. The number of rotatable bonds is 3. The van der Waals surface area contributed by atoms with E-state index < -0.39 is 0 Å². The van der Waals surface area contributed by atoms with Crippen molar-refractivity contribution in [2.75, 3.05) is 0 Å². The van der Waals surface area contributed by atoms with Gasteiger partial charge in [-0.1, -0.05) is 26.0 Å². The Morgan fingerprint density at radius 1 is 1.12 bits per heavy atom. The molecule has 0 saturated carbocycles. The van der Waals surface area contributed by atoms with E-state index >= 15 is 0 Å². The summed E-state index contributed by atoms with van der Waals surface area (Å²) in [6.45, 7) is 6.18. The van der Waals surface area contributed by atoms with E-state index in [0.29, 0.717) is 11.7 Å². The van der Waals surface area contributed by atoms with Crippen LogP contribution < -0.4 is 0 Å². The predicted molar refractivity (Wildman–Crippen MR) is 67.5 cm³/mol. The van der Waals surface area contributed by atoms with Crippen LogP contribution in [0, 0.1) is 0 Å². The first kappa shape index (κ1) is 12.0. The summed E-state index contributed by atoms with van der Waals surface area (Å²) in [5, 5.41) is 11.3. The minimum Gasteiger partial charge on any atom is -0.196 e. The SMILES string of the molecule is CC(C)c1ccc(-n2nnnc2C(C)Cl)cc1. The van der Waals surface area contributed by atoms with Crippen LogP contribution in [0.1, 0.15) is 43.5 Å². The quantitative estimate of drug-likeness (QED) is 0.787. The summed E-state index contributed by atoms with van der Waals surface area (Å²) in [7, 11) is 0. The summed E-state index contributed by atoms with van der Waals surface area (Å²) < 4.78 is 1.67. The number of halogens is 1. The molecule has 1 aromatic heterocycles. The van der Waals surface area contributed by atoms with E-state index in [1.54, 1.807) is 4.68 Å². The zero-order valence-corrected chi connectivity index (χ0v) is 10.9. The number of tetrazole rings is 1. The van der Waals surface area contributed by atoms with Crippen molar-refractivity contribution < 1.29 is 0 Å². The Labute approximate surface area is 106 Å². The fraction of sp³-hybridized carbons (Fsp3) is 0.417. The molecule has 1 aromatic carbocycles. The van der Waals surface area contributed by atoms with Crippen molar-refractivity contribution in [2.24, 2.45) is 0 Å². The molecule has 1 atom stereocenters. The zero-order valence-electron chi connectivity index (χ0n) is 10.1. The lowest BCUT2D eigenvalue weighted by Crippen LogP contribution is -2.03. The highest BCUT2D eigenvalue weighted by molar-refractivity contribution is 6.20. The highest BCUT2D eigenvalue weighted by atomic mass is 35.5. The largest absolute Gasteiger partial charge is 0.196 e. The van der Waals surface area contributed by atoms with Gasteiger partial charge in [0.1, 0.15) is 0 Å². The minimum atomic E-state index is -0.213. The van der Waals surface area contributed by atoms with Crippen LogP contribution in [0.25, 0.3) is 5.69 Å². The van der Waals surface area contributed by atoms with E-state index in [0.717, 1.165) is 5.69 Å². The number of nitrogens with zero attached hydrogens (tertiary/aromatic N) is 4. The summed E-state index contributed by atoms with van der Waals surface area (Å²) in [5.74, 6) is 1.17. The van der Waals surface area contributed by atoms with Gasteiger partial charge in [0.2, 0.25) is 0 Å². The normalized spacial score (nSPS) is 13.0. The van der Waals surface area contributed by atoms with Crippen molar-refractivity contribution in [2.45, 2.75) is 32.1 Å². The van der Waals surface area contributed by atoms with Crippen molar-refractivity contribution >= 4 is 11.6 Å². The van der Waals surface area contributed by atoms with Gasteiger partial charge in [-0.2, -0.15) is 4.68 Å². The second kappa shape index (κ2) is 4.84.